The molecule has 1 atom stereocenters. The maximum atomic E-state index is 12.8. The second-order valence-corrected chi connectivity index (χ2v) is 5.47. The Morgan fingerprint density at radius 3 is 2.10 bits per heavy atom. The van der Waals surface area contributed by atoms with Gasteiger partial charge in [0.15, 0.2) is 0 Å². The van der Waals surface area contributed by atoms with Crippen LogP contribution in [0.5, 0.6) is 0 Å². The molecule has 0 aliphatic carbocycles. The number of amides is 2. The molecule has 0 saturated carbocycles. The van der Waals surface area contributed by atoms with E-state index in [9.17, 15) is 22.8 Å². The molecule has 0 radical (unpaired) electrons. The SMILES string of the molecule is CCC1(CC)C(=O)NC(C(C)C)C(=O)N1CC(F)(F)F. The van der Waals surface area contributed by atoms with Gasteiger partial charge in [0.2, 0.25) is 11.8 Å². The number of alkyl halides is 3. The summed E-state index contributed by atoms with van der Waals surface area (Å²) in [4.78, 5) is 25.3. The summed E-state index contributed by atoms with van der Waals surface area (Å²) in [6, 6.07) is -0.893. The first-order valence-electron chi connectivity index (χ1n) is 6.78. The third kappa shape index (κ3) is 2.91. The zero-order valence-electron chi connectivity index (χ0n) is 12.2. The van der Waals surface area contributed by atoms with Crippen molar-refractivity contribution in [3.63, 3.8) is 0 Å². The summed E-state index contributed by atoms with van der Waals surface area (Å²) >= 11 is 0. The van der Waals surface area contributed by atoms with Crippen LogP contribution in [-0.2, 0) is 9.59 Å². The molecule has 1 unspecified atom stereocenters. The molecular formula is C13H21F3N2O2. The van der Waals surface area contributed by atoms with Crippen LogP contribution >= 0.6 is 0 Å². The zero-order valence-corrected chi connectivity index (χ0v) is 12.2. The molecule has 1 heterocycles. The molecule has 0 spiro atoms. The van der Waals surface area contributed by atoms with Crippen molar-refractivity contribution in [2.45, 2.75) is 58.3 Å². The summed E-state index contributed by atoms with van der Waals surface area (Å²) in [6.45, 7) is 5.24. The lowest BCUT2D eigenvalue weighted by Crippen LogP contribution is -2.72. The van der Waals surface area contributed by atoms with Crippen LogP contribution < -0.4 is 5.32 Å². The molecule has 1 rings (SSSR count). The molecule has 4 nitrogen and oxygen atoms in total. The van der Waals surface area contributed by atoms with E-state index in [-0.39, 0.29) is 18.8 Å². The molecule has 116 valence electrons. The number of piperazine rings is 1. The summed E-state index contributed by atoms with van der Waals surface area (Å²) in [5.74, 6) is -1.40. The molecule has 0 bridgehead atoms. The average Bonchev–Trinajstić information content (AvgIpc) is 2.33. The van der Waals surface area contributed by atoms with E-state index in [0.717, 1.165) is 4.90 Å². The van der Waals surface area contributed by atoms with E-state index in [1.165, 1.54) is 0 Å². The molecule has 1 saturated heterocycles. The number of carbonyl (C=O) groups is 2. The monoisotopic (exact) mass is 294 g/mol. The Morgan fingerprint density at radius 1 is 1.25 bits per heavy atom. The fraction of sp³-hybridized carbons (Fsp3) is 0.846. The summed E-state index contributed by atoms with van der Waals surface area (Å²) in [5.41, 5.74) is -1.40. The summed E-state index contributed by atoms with van der Waals surface area (Å²) in [6.07, 6.45) is -4.21. The number of nitrogens with one attached hydrogen (secondary N) is 1. The van der Waals surface area contributed by atoms with E-state index in [0.29, 0.717) is 0 Å². The molecule has 1 aliphatic heterocycles. The molecule has 1 fully saturated rings. The molecular weight excluding hydrogens is 273 g/mol. The van der Waals surface area contributed by atoms with Gasteiger partial charge in [-0.15, -0.1) is 0 Å². The maximum Gasteiger partial charge on any atom is 0.406 e. The topological polar surface area (TPSA) is 49.4 Å². The second-order valence-electron chi connectivity index (χ2n) is 5.47. The zero-order chi connectivity index (χ0) is 15.7. The lowest BCUT2D eigenvalue weighted by Gasteiger charge is -2.48. The van der Waals surface area contributed by atoms with Gasteiger partial charge in [-0.3, -0.25) is 9.59 Å². The van der Waals surface area contributed by atoms with E-state index in [4.69, 9.17) is 0 Å². The minimum Gasteiger partial charge on any atom is -0.342 e. The van der Waals surface area contributed by atoms with Crippen molar-refractivity contribution in [2.75, 3.05) is 6.54 Å². The quantitative estimate of drug-likeness (QED) is 0.863. The Hall–Kier alpha value is -1.27. The molecule has 1 aliphatic rings. The normalized spacial score (nSPS) is 23.2. The fourth-order valence-corrected chi connectivity index (χ4v) is 2.65. The third-order valence-electron chi connectivity index (χ3n) is 3.93. The van der Waals surface area contributed by atoms with E-state index < -0.39 is 36.1 Å². The minimum atomic E-state index is -4.52. The van der Waals surface area contributed by atoms with Crippen LogP contribution in [0.2, 0.25) is 0 Å². The predicted octanol–water partition coefficient (Wildman–Crippen LogP) is 2.09. The van der Waals surface area contributed by atoms with Crippen LogP contribution in [0.3, 0.4) is 0 Å². The van der Waals surface area contributed by atoms with Gasteiger partial charge < -0.3 is 10.2 Å². The van der Waals surface area contributed by atoms with E-state index in [2.05, 4.69) is 5.32 Å². The number of halogens is 3. The van der Waals surface area contributed by atoms with Gasteiger partial charge >= 0.3 is 6.18 Å². The highest BCUT2D eigenvalue weighted by molar-refractivity contribution is 6.00. The van der Waals surface area contributed by atoms with Crippen molar-refractivity contribution in [1.82, 2.24) is 10.2 Å². The Labute approximate surface area is 116 Å². The Bertz CT molecular complexity index is 390. The molecule has 2 amide bonds. The van der Waals surface area contributed by atoms with E-state index in [1.807, 2.05) is 0 Å². The van der Waals surface area contributed by atoms with Gasteiger partial charge in [0.1, 0.15) is 18.1 Å². The van der Waals surface area contributed by atoms with Crippen LogP contribution in [0.15, 0.2) is 0 Å². The molecule has 1 N–H and O–H groups in total. The average molecular weight is 294 g/mol. The molecule has 0 aromatic carbocycles. The first-order valence-corrected chi connectivity index (χ1v) is 6.78. The largest absolute Gasteiger partial charge is 0.406 e. The fourth-order valence-electron chi connectivity index (χ4n) is 2.65. The molecule has 7 heteroatoms. The molecule has 0 aromatic heterocycles. The van der Waals surface area contributed by atoms with Crippen LogP contribution in [0.25, 0.3) is 0 Å². The van der Waals surface area contributed by atoms with E-state index in [1.54, 1.807) is 27.7 Å². The van der Waals surface area contributed by atoms with Gasteiger partial charge in [-0.25, -0.2) is 0 Å². The Kier molecular flexibility index (Phi) is 4.71. The highest BCUT2D eigenvalue weighted by Gasteiger charge is 2.53. The number of nitrogens with zero attached hydrogens (tertiary/aromatic N) is 1. The Balaban J connectivity index is 3.24. The smallest absolute Gasteiger partial charge is 0.342 e. The van der Waals surface area contributed by atoms with Crippen molar-refractivity contribution < 1.29 is 22.8 Å². The van der Waals surface area contributed by atoms with Crippen LogP contribution in [-0.4, -0.2) is 41.0 Å². The lowest BCUT2D eigenvalue weighted by atomic mass is 9.84. The summed E-state index contributed by atoms with van der Waals surface area (Å²) < 4.78 is 38.3. The number of hydrogen-bond acceptors (Lipinski definition) is 2. The van der Waals surface area contributed by atoms with Crippen molar-refractivity contribution in [3.8, 4) is 0 Å². The van der Waals surface area contributed by atoms with Gasteiger partial charge in [0.25, 0.3) is 0 Å². The Morgan fingerprint density at radius 2 is 1.75 bits per heavy atom. The number of hydrogen-bond donors (Lipinski definition) is 1. The standard InChI is InChI=1S/C13H21F3N2O2/c1-5-12(6-2)11(20)17-9(8(3)4)10(19)18(12)7-13(14,15)16/h8-9H,5-7H2,1-4H3,(H,17,20). The van der Waals surface area contributed by atoms with Crippen LogP contribution in [0.4, 0.5) is 13.2 Å². The predicted molar refractivity (Wildman–Crippen MR) is 67.8 cm³/mol. The van der Waals surface area contributed by atoms with Crippen LogP contribution in [0.1, 0.15) is 40.5 Å². The summed E-state index contributed by atoms with van der Waals surface area (Å²) in [5, 5.41) is 2.58. The van der Waals surface area contributed by atoms with Crippen molar-refractivity contribution in [2.24, 2.45) is 5.92 Å². The van der Waals surface area contributed by atoms with Gasteiger partial charge in [-0.05, 0) is 18.8 Å². The maximum absolute atomic E-state index is 12.8. The van der Waals surface area contributed by atoms with Crippen molar-refractivity contribution in [3.05, 3.63) is 0 Å². The molecule has 0 aromatic rings. The van der Waals surface area contributed by atoms with Gasteiger partial charge in [0, 0.05) is 0 Å². The minimum absolute atomic E-state index is 0.155. The van der Waals surface area contributed by atoms with Crippen molar-refractivity contribution in [1.29, 1.82) is 0 Å². The number of carbonyl (C=O) groups excluding carboxylic acids is 2. The van der Waals surface area contributed by atoms with Gasteiger partial charge in [-0.1, -0.05) is 27.7 Å². The first-order chi connectivity index (χ1) is 9.09. The van der Waals surface area contributed by atoms with Crippen molar-refractivity contribution >= 4 is 11.8 Å². The number of rotatable bonds is 4. The van der Waals surface area contributed by atoms with Gasteiger partial charge in [0.05, 0.1) is 0 Å². The van der Waals surface area contributed by atoms with Gasteiger partial charge in [-0.2, -0.15) is 13.2 Å². The lowest BCUT2D eigenvalue weighted by molar-refractivity contribution is -0.185. The summed E-state index contributed by atoms with van der Waals surface area (Å²) in [7, 11) is 0. The molecule has 20 heavy (non-hydrogen) atoms. The highest BCUT2D eigenvalue weighted by Crippen LogP contribution is 2.33. The highest BCUT2D eigenvalue weighted by atomic mass is 19.4. The van der Waals surface area contributed by atoms with E-state index >= 15 is 0 Å². The second kappa shape index (κ2) is 5.61. The third-order valence-corrected chi connectivity index (χ3v) is 3.93. The van der Waals surface area contributed by atoms with Crippen LogP contribution in [0, 0.1) is 5.92 Å². The first kappa shape index (κ1) is 16.8.